The SMILES string of the molecule is COc1cc(C(=O)N2N=C(c3ccc(Cl)cc3)C[C@@H]2c2ccc(Br)cc2)cc(OC)c1OC. The summed E-state index contributed by atoms with van der Waals surface area (Å²) in [6.07, 6.45) is 0.569. The first-order valence-electron chi connectivity index (χ1n) is 10.2. The standard InChI is InChI=1S/C25H22BrClN2O4/c1-31-22-12-17(13-23(32-2)24(22)33-3)25(30)29-21(16-4-8-18(26)9-5-16)14-20(28-29)15-6-10-19(27)11-7-15/h4-13,21H,14H2,1-3H3/t21-/m1/s1. The second-order valence-electron chi connectivity index (χ2n) is 7.39. The zero-order valence-corrected chi connectivity index (χ0v) is 20.7. The van der Waals surface area contributed by atoms with Gasteiger partial charge in [0.1, 0.15) is 0 Å². The first-order valence-corrected chi connectivity index (χ1v) is 11.3. The van der Waals surface area contributed by atoms with Crippen molar-refractivity contribution in [2.45, 2.75) is 12.5 Å². The van der Waals surface area contributed by atoms with Gasteiger partial charge in [0.05, 0.1) is 33.1 Å². The summed E-state index contributed by atoms with van der Waals surface area (Å²) in [6.45, 7) is 0. The lowest BCUT2D eigenvalue weighted by atomic mass is 9.98. The predicted molar refractivity (Wildman–Crippen MR) is 132 cm³/mol. The molecule has 1 aliphatic rings. The van der Waals surface area contributed by atoms with E-state index < -0.39 is 0 Å². The topological polar surface area (TPSA) is 60.4 Å². The molecule has 1 heterocycles. The van der Waals surface area contributed by atoms with E-state index in [4.69, 9.17) is 30.9 Å². The summed E-state index contributed by atoms with van der Waals surface area (Å²) in [7, 11) is 4.56. The third-order valence-electron chi connectivity index (χ3n) is 5.46. The summed E-state index contributed by atoms with van der Waals surface area (Å²) in [5.41, 5.74) is 3.08. The smallest absolute Gasteiger partial charge is 0.274 e. The molecule has 8 heteroatoms. The molecule has 0 fully saturated rings. The summed E-state index contributed by atoms with van der Waals surface area (Å²) in [5, 5.41) is 6.90. The second-order valence-corrected chi connectivity index (χ2v) is 8.74. The Bertz CT molecular complexity index is 1170. The van der Waals surface area contributed by atoms with Crippen LogP contribution in [0.3, 0.4) is 0 Å². The molecule has 0 saturated heterocycles. The number of hydrogen-bond acceptors (Lipinski definition) is 5. The van der Waals surface area contributed by atoms with Crippen LogP contribution in [0, 0.1) is 0 Å². The maximum absolute atomic E-state index is 13.7. The first kappa shape index (κ1) is 23.1. The fraction of sp³-hybridized carbons (Fsp3) is 0.200. The van der Waals surface area contributed by atoms with Crippen molar-refractivity contribution in [3.05, 3.63) is 86.8 Å². The quantitative estimate of drug-likeness (QED) is 0.386. The van der Waals surface area contributed by atoms with Crippen LogP contribution in [0.4, 0.5) is 0 Å². The van der Waals surface area contributed by atoms with Gasteiger partial charge in [0.25, 0.3) is 5.91 Å². The fourth-order valence-corrected chi connectivity index (χ4v) is 4.19. The molecule has 0 aliphatic carbocycles. The van der Waals surface area contributed by atoms with E-state index in [1.165, 1.54) is 26.3 Å². The Morgan fingerprint density at radius 1 is 0.970 bits per heavy atom. The summed E-state index contributed by atoms with van der Waals surface area (Å²) in [4.78, 5) is 13.7. The molecule has 0 N–H and O–H groups in total. The average Bonchev–Trinajstić information content (AvgIpc) is 3.28. The molecule has 1 atom stereocenters. The minimum atomic E-state index is -0.272. The van der Waals surface area contributed by atoms with Crippen molar-refractivity contribution in [1.82, 2.24) is 5.01 Å². The normalized spacial score (nSPS) is 15.2. The van der Waals surface area contributed by atoms with Gasteiger partial charge in [-0.1, -0.05) is 51.8 Å². The third-order valence-corrected chi connectivity index (χ3v) is 6.24. The first-order chi connectivity index (χ1) is 15.9. The lowest BCUT2D eigenvalue weighted by Crippen LogP contribution is -2.27. The van der Waals surface area contributed by atoms with Gasteiger partial charge < -0.3 is 14.2 Å². The molecule has 0 unspecified atom stereocenters. The van der Waals surface area contributed by atoms with E-state index in [0.717, 1.165) is 21.3 Å². The molecule has 3 aromatic rings. The number of ether oxygens (including phenoxy) is 3. The number of hydrogen-bond donors (Lipinski definition) is 0. The van der Waals surface area contributed by atoms with Crippen LogP contribution < -0.4 is 14.2 Å². The van der Waals surface area contributed by atoms with Gasteiger partial charge in [-0.05, 0) is 47.5 Å². The number of rotatable bonds is 6. The predicted octanol–water partition coefficient (Wildman–Crippen LogP) is 6.12. The maximum atomic E-state index is 13.7. The van der Waals surface area contributed by atoms with E-state index in [9.17, 15) is 4.79 Å². The fourth-order valence-electron chi connectivity index (χ4n) is 3.80. The molecule has 0 bridgehead atoms. The van der Waals surface area contributed by atoms with Gasteiger partial charge in [-0.2, -0.15) is 5.10 Å². The number of carbonyl (C=O) groups is 1. The van der Waals surface area contributed by atoms with Gasteiger partial charge in [-0.3, -0.25) is 4.79 Å². The van der Waals surface area contributed by atoms with Crippen LogP contribution >= 0.6 is 27.5 Å². The zero-order chi connectivity index (χ0) is 23.5. The van der Waals surface area contributed by atoms with Crippen molar-refractivity contribution < 1.29 is 19.0 Å². The van der Waals surface area contributed by atoms with Crippen LogP contribution in [0.15, 0.2) is 70.2 Å². The Labute approximate surface area is 205 Å². The Morgan fingerprint density at radius 3 is 2.12 bits per heavy atom. The number of amides is 1. The Kier molecular flexibility index (Phi) is 6.91. The molecule has 1 aliphatic heterocycles. The van der Waals surface area contributed by atoms with Crippen LogP contribution in [0.5, 0.6) is 17.2 Å². The van der Waals surface area contributed by atoms with Gasteiger partial charge in [0.15, 0.2) is 11.5 Å². The molecule has 0 radical (unpaired) electrons. The Morgan fingerprint density at radius 2 is 1.58 bits per heavy atom. The van der Waals surface area contributed by atoms with E-state index >= 15 is 0 Å². The largest absolute Gasteiger partial charge is 0.493 e. The van der Waals surface area contributed by atoms with Crippen molar-refractivity contribution in [1.29, 1.82) is 0 Å². The van der Waals surface area contributed by atoms with Crippen molar-refractivity contribution in [2.75, 3.05) is 21.3 Å². The number of hydrazone groups is 1. The minimum Gasteiger partial charge on any atom is -0.493 e. The third kappa shape index (κ3) is 4.70. The van der Waals surface area contributed by atoms with Crippen LogP contribution in [0.2, 0.25) is 5.02 Å². The lowest BCUT2D eigenvalue weighted by Gasteiger charge is -2.23. The number of methoxy groups -OCH3 is 3. The maximum Gasteiger partial charge on any atom is 0.274 e. The Balaban J connectivity index is 1.77. The molecular weight excluding hydrogens is 508 g/mol. The molecular formula is C25H22BrClN2O4. The highest BCUT2D eigenvalue weighted by atomic mass is 79.9. The van der Waals surface area contributed by atoms with Crippen LogP contribution in [0.25, 0.3) is 0 Å². The van der Waals surface area contributed by atoms with E-state index in [2.05, 4.69) is 15.9 Å². The van der Waals surface area contributed by atoms with Gasteiger partial charge in [-0.25, -0.2) is 5.01 Å². The van der Waals surface area contributed by atoms with Gasteiger partial charge >= 0.3 is 0 Å². The zero-order valence-electron chi connectivity index (χ0n) is 18.3. The summed E-state index contributed by atoms with van der Waals surface area (Å²) in [6, 6.07) is 18.4. The monoisotopic (exact) mass is 528 g/mol. The van der Waals surface area contributed by atoms with E-state index in [-0.39, 0.29) is 11.9 Å². The van der Waals surface area contributed by atoms with E-state index in [1.54, 1.807) is 12.1 Å². The average molecular weight is 530 g/mol. The van der Waals surface area contributed by atoms with E-state index in [1.807, 2.05) is 48.5 Å². The van der Waals surface area contributed by atoms with Crippen LogP contribution in [-0.2, 0) is 0 Å². The van der Waals surface area contributed by atoms with Crippen LogP contribution in [-0.4, -0.2) is 38.0 Å². The van der Waals surface area contributed by atoms with Gasteiger partial charge in [0, 0.05) is 21.5 Å². The molecule has 0 saturated carbocycles. The van der Waals surface area contributed by atoms with Crippen molar-refractivity contribution in [3.8, 4) is 17.2 Å². The highest BCUT2D eigenvalue weighted by Crippen LogP contribution is 2.40. The molecule has 170 valence electrons. The van der Waals surface area contributed by atoms with Gasteiger partial charge in [0.2, 0.25) is 5.75 Å². The number of halogens is 2. The minimum absolute atomic E-state index is 0.268. The molecule has 6 nitrogen and oxygen atoms in total. The van der Waals surface area contributed by atoms with Crippen molar-refractivity contribution in [3.63, 3.8) is 0 Å². The number of carbonyl (C=O) groups excluding carboxylic acids is 1. The second kappa shape index (κ2) is 9.85. The van der Waals surface area contributed by atoms with E-state index in [0.29, 0.717) is 34.3 Å². The highest BCUT2D eigenvalue weighted by Gasteiger charge is 2.34. The molecule has 33 heavy (non-hydrogen) atoms. The van der Waals surface area contributed by atoms with Gasteiger partial charge in [-0.15, -0.1) is 0 Å². The summed E-state index contributed by atoms with van der Waals surface area (Å²) in [5.74, 6) is 0.960. The molecule has 1 amide bonds. The molecule has 0 spiro atoms. The summed E-state index contributed by atoms with van der Waals surface area (Å²) < 4.78 is 17.2. The molecule has 4 rings (SSSR count). The molecule has 0 aromatic heterocycles. The Hall–Kier alpha value is -3.03. The number of nitrogens with zero attached hydrogens (tertiary/aromatic N) is 2. The summed E-state index contributed by atoms with van der Waals surface area (Å²) >= 11 is 9.53. The van der Waals surface area contributed by atoms with Crippen molar-refractivity contribution >= 4 is 39.1 Å². The number of benzene rings is 3. The highest BCUT2D eigenvalue weighted by molar-refractivity contribution is 9.10. The van der Waals surface area contributed by atoms with Crippen molar-refractivity contribution in [2.24, 2.45) is 5.10 Å². The van der Waals surface area contributed by atoms with Crippen LogP contribution in [0.1, 0.15) is 33.9 Å². The molecule has 3 aromatic carbocycles. The lowest BCUT2D eigenvalue weighted by molar-refractivity contribution is 0.0710.